The van der Waals surface area contributed by atoms with Crippen LogP contribution in [0, 0.1) is 0 Å². The number of allylic oxidation sites excluding steroid dienone is 18. The molecule has 0 heterocycles. The van der Waals surface area contributed by atoms with Crippen molar-refractivity contribution in [1.29, 1.82) is 0 Å². The molecule has 0 spiro atoms. The van der Waals surface area contributed by atoms with Gasteiger partial charge in [0.25, 0.3) is 0 Å². The molecule has 0 aliphatic heterocycles. The molecule has 0 saturated carbocycles. The van der Waals surface area contributed by atoms with E-state index in [1.165, 1.54) is 70.6 Å². The normalized spacial score (nSPS) is 13.8. The van der Waals surface area contributed by atoms with E-state index in [2.05, 4.69) is 111 Å². The third-order valence-electron chi connectivity index (χ3n) is 10.9. The molecule has 0 fully saturated rings. The van der Waals surface area contributed by atoms with Crippen molar-refractivity contribution in [2.45, 2.75) is 199 Å². The second-order valence-electron chi connectivity index (χ2n) is 18.0. The van der Waals surface area contributed by atoms with E-state index in [9.17, 15) is 19.5 Å². The van der Waals surface area contributed by atoms with Crippen molar-refractivity contribution in [1.82, 2.24) is 0 Å². The number of carbonyl (C=O) groups is 3. The van der Waals surface area contributed by atoms with E-state index in [1.54, 1.807) is 0 Å². The molecule has 0 rings (SSSR count). The Kier molecular flexibility index (Phi) is 44.6. The average molecular weight is 919 g/mol. The summed E-state index contributed by atoms with van der Waals surface area (Å²) < 4.78 is 17.3. The highest BCUT2D eigenvalue weighted by Crippen LogP contribution is 2.15. The van der Waals surface area contributed by atoms with Gasteiger partial charge in [-0.2, -0.15) is 0 Å². The van der Waals surface area contributed by atoms with Gasteiger partial charge in [-0.05, 0) is 83.5 Å². The van der Waals surface area contributed by atoms with Crippen LogP contribution in [0.15, 0.2) is 109 Å². The Labute approximate surface area is 404 Å². The van der Waals surface area contributed by atoms with Gasteiger partial charge in [0.05, 0.1) is 34.4 Å². The minimum atomic E-state index is -0.888. The highest BCUT2D eigenvalue weighted by atomic mass is 16.6. The van der Waals surface area contributed by atoms with E-state index in [4.69, 9.17) is 14.2 Å². The highest BCUT2D eigenvalue weighted by Gasteiger charge is 2.31. The van der Waals surface area contributed by atoms with Crippen LogP contribution in [0.3, 0.4) is 0 Å². The molecule has 0 radical (unpaired) electrons. The first-order valence-electron chi connectivity index (χ1n) is 25.9. The molecule has 0 bridgehead atoms. The van der Waals surface area contributed by atoms with Crippen LogP contribution >= 0.6 is 0 Å². The zero-order chi connectivity index (χ0) is 48.4. The molecule has 0 aliphatic rings. The molecule has 0 saturated heterocycles. The number of hydrogen-bond acceptors (Lipinski definition) is 6. The van der Waals surface area contributed by atoms with Crippen LogP contribution < -0.4 is 0 Å². The minimum absolute atomic E-state index is 0.0311. The summed E-state index contributed by atoms with van der Waals surface area (Å²) in [5.41, 5.74) is 0. The van der Waals surface area contributed by atoms with Gasteiger partial charge in [0.2, 0.25) is 0 Å². The number of rotatable bonds is 45. The van der Waals surface area contributed by atoms with E-state index in [0.29, 0.717) is 19.3 Å². The molecular formula is C58H96NO7+. The second-order valence-corrected chi connectivity index (χ2v) is 18.0. The van der Waals surface area contributed by atoms with Crippen molar-refractivity contribution in [2.75, 3.05) is 41.0 Å². The zero-order valence-corrected chi connectivity index (χ0v) is 42.6. The summed E-state index contributed by atoms with van der Waals surface area (Å²) in [4.78, 5) is 37.2. The fraction of sp³-hybridized carbons (Fsp3) is 0.638. The number of carbonyl (C=O) groups excluding carboxylic acids is 2. The van der Waals surface area contributed by atoms with Gasteiger partial charge < -0.3 is 23.8 Å². The summed E-state index contributed by atoms with van der Waals surface area (Å²) in [6.07, 6.45) is 65.9. The quantitative estimate of drug-likeness (QED) is 0.0281. The van der Waals surface area contributed by atoms with Gasteiger partial charge in [-0.25, -0.2) is 4.79 Å². The van der Waals surface area contributed by atoms with Gasteiger partial charge in [-0.1, -0.05) is 194 Å². The Balaban J connectivity index is 4.34. The Morgan fingerprint density at radius 3 is 1.24 bits per heavy atom. The van der Waals surface area contributed by atoms with Crippen LogP contribution in [0.5, 0.6) is 0 Å². The van der Waals surface area contributed by atoms with Gasteiger partial charge in [0.1, 0.15) is 6.61 Å². The lowest BCUT2D eigenvalue weighted by molar-refractivity contribution is -0.887. The third-order valence-corrected chi connectivity index (χ3v) is 10.9. The molecule has 0 aliphatic carbocycles. The molecular weight excluding hydrogens is 823 g/mol. The van der Waals surface area contributed by atoms with E-state index >= 15 is 0 Å². The van der Waals surface area contributed by atoms with Crippen molar-refractivity contribution in [3.63, 3.8) is 0 Å². The summed E-state index contributed by atoms with van der Waals surface area (Å²) in [7, 11) is 5.51. The third kappa shape index (κ3) is 45.2. The van der Waals surface area contributed by atoms with E-state index < -0.39 is 18.1 Å². The molecule has 0 aromatic carbocycles. The summed E-state index contributed by atoms with van der Waals surface area (Å²) in [6, 6.07) is -0.632. The Hall–Kier alpha value is -4.01. The number of carboxylic acids is 1. The number of quaternary nitrogens is 1. The number of nitrogens with zero attached hydrogens (tertiary/aromatic N) is 1. The van der Waals surface area contributed by atoms with Crippen molar-refractivity contribution >= 4 is 17.9 Å². The number of aliphatic carboxylic acids is 1. The molecule has 0 aromatic rings. The maximum absolute atomic E-state index is 12.8. The number of unbranched alkanes of at least 4 members (excludes halogenated alkanes) is 13. The number of ether oxygens (including phenoxy) is 3. The summed E-state index contributed by atoms with van der Waals surface area (Å²) in [5.74, 6) is -1.58. The molecule has 2 atom stereocenters. The molecule has 0 amide bonds. The van der Waals surface area contributed by atoms with Crippen LogP contribution in [-0.4, -0.2) is 80.6 Å². The van der Waals surface area contributed by atoms with E-state index in [-0.39, 0.29) is 42.7 Å². The van der Waals surface area contributed by atoms with Crippen LogP contribution in [0.2, 0.25) is 0 Å². The number of likely N-dealkylation sites (N-methyl/N-ethyl adjacent to an activating group) is 1. The highest BCUT2D eigenvalue weighted by molar-refractivity contribution is 5.72. The maximum atomic E-state index is 12.8. The first-order chi connectivity index (χ1) is 32.1. The summed E-state index contributed by atoms with van der Waals surface area (Å²) >= 11 is 0. The van der Waals surface area contributed by atoms with Gasteiger partial charge in [-0.15, -0.1) is 0 Å². The minimum Gasteiger partial charge on any atom is -0.477 e. The molecule has 0 aromatic heterocycles. The van der Waals surface area contributed by atoms with Crippen LogP contribution in [0.4, 0.5) is 0 Å². The second kappa shape index (κ2) is 47.5. The van der Waals surface area contributed by atoms with Gasteiger partial charge in [-0.3, -0.25) is 9.59 Å². The first-order valence-corrected chi connectivity index (χ1v) is 25.9. The topological polar surface area (TPSA) is 99.1 Å². The SMILES string of the molecule is CC/C=C/C/C=C/C/C=C/C/C=C/C/C=C/C/C=C/CCC(=O)OCC(COCCC(C(=O)O)[N+](C)(C)C)OC(=O)CCCCCCCCCCCCCCC/C=C/C/C=C/C/C=C/CC. The van der Waals surface area contributed by atoms with Gasteiger partial charge in [0, 0.05) is 19.3 Å². The first kappa shape index (κ1) is 62.0. The fourth-order valence-electron chi connectivity index (χ4n) is 7.01. The predicted molar refractivity (Wildman–Crippen MR) is 279 cm³/mol. The van der Waals surface area contributed by atoms with E-state index in [1.807, 2.05) is 33.3 Å². The van der Waals surface area contributed by atoms with Gasteiger partial charge in [0.15, 0.2) is 12.1 Å². The standard InChI is InChI=1S/C58H95NO7/c1-6-8-10-12-14-16-18-20-22-24-26-27-28-29-31-33-35-37-39-41-43-45-47-49-57(61)66-54(52-64-51-50-55(58(62)63)59(3,4)5)53-65-56(60)48-46-44-42-40-38-36-34-32-30-25-23-21-19-17-15-13-11-9-7-2/h8-11,14-17,20-23,30,32,36,38,42,44,54-55H,6-7,12-13,18-19,24-29,31,33-35,37,39-41,43,45-53H2,1-5H3/p+1/b10-8+,11-9+,16-14+,17-15+,22-20+,23-21+,32-30+,38-36+,44-42+. The number of carboxylic acid groups (broad SMARTS) is 1. The Bertz CT molecular complexity index is 1440. The van der Waals surface area contributed by atoms with Crippen molar-refractivity contribution < 1.29 is 38.2 Å². The number of hydrogen-bond donors (Lipinski definition) is 1. The molecule has 8 heteroatoms. The lowest BCUT2D eigenvalue weighted by Crippen LogP contribution is -2.50. The molecule has 1 N–H and O–H groups in total. The van der Waals surface area contributed by atoms with E-state index in [0.717, 1.165) is 77.0 Å². The summed E-state index contributed by atoms with van der Waals surface area (Å²) in [6.45, 7) is 4.43. The predicted octanol–water partition coefficient (Wildman–Crippen LogP) is 15.2. The van der Waals surface area contributed by atoms with Crippen LogP contribution in [0.1, 0.15) is 187 Å². The van der Waals surface area contributed by atoms with Crippen molar-refractivity contribution in [3.05, 3.63) is 109 Å². The molecule has 66 heavy (non-hydrogen) atoms. The average Bonchev–Trinajstić information content (AvgIpc) is 3.28. The largest absolute Gasteiger partial charge is 0.477 e. The fourth-order valence-corrected chi connectivity index (χ4v) is 7.01. The van der Waals surface area contributed by atoms with Crippen LogP contribution in [0.25, 0.3) is 0 Å². The van der Waals surface area contributed by atoms with Crippen molar-refractivity contribution in [2.24, 2.45) is 0 Å². The van der Waals surface area contributed by atoms with Gasteiger partial charge >= 0.3 is 17.9 Å². The lowest BCUT2D eigenvalue weighted by Gasteiger charge is -2.31. The summed E-state index contributed by atoms with van der Waals surface area (Å²) in [5, 5.41) is 9.66. The monoisotopic (exact) mass is 919 g/mol. The Morgan fingerprint density at radius 2 is 0.833 bits per heavy atom. The number of esters is 2. The molecule has 374 valence electrons. The zero-order valence-electron chi connectivity index (χ0n) is 42.6. The smallest absolute Gasteiger partial charge is 0.362 e. The maximum Gasteiger partial charge on any atom is 0.362 e. The Morgan fingerprint density at radius 1 is 0.455 bits per heavy atom. The van der Waals surface area contributed by atoms with Crippen LogP contribution in [-0.2, 0) is 28.6 Å². The lowest BCUT2D eigenvalue weighted by atomic mass is 10.0. The molecule has 2 unspecified atom stereocenters. The molecule has 8 nitrogen and oxygen atoms in total. The van der Waals surface area contributed by atoms with Crippen molar-refractivity contribution in [3.8, 4) is 0 Å².